The molecule has 1 N–H and O–H groups in total. The summed E-state index contributed by atoms with van der Waals surface area (Å²) in [6, 6.07) is 18.4. The molecule has 1 aliphatic rings. The molecule has 0 saturated heterocycles. The molecule has 0 fully saturated rings. The lowest BCUT2D eigenvalue weighted by molar-refractivity contribution is -0.137. The Bertz CT molecular complexity index is 1280. The number of fused-ring (bicyclic) bond motifs is 1. The minimum atomic E-state index is -4.63. The van der Waals surface area contributed by atoms with E-state index in [4.69, 9.17) is 4.74 Å². The smallest absolute Gasteiger partial charge is 0.418 e. The Hall–Kier alpha value is -4.14. The number of hydrogen-bond acceptors (Lipinski definition) is 4. The van der Waals surface area contributed by atoms with E-state index in [1.165, 1.54) is 31.3 Å². The molecule has 1 unspecified atom stereocenters. The number of benzene rings is 3. The SMILES string of the molecule is CN(CC(=O)Nc1ccccc1C(F)(F)F)C(=O)c1ccc2c(c1)CC(c1ccccc1)OC2=O. The van der Waals surface area contributed by atoms with Gasteiger partial charge in [-0.1, -0.05) is 42.5 Å². The van der Waals surface area contributed by atoms with Crippen molar-refractivity contribution in [3.8, 4) is 0 Å². The van der Waals surface area contributed by atoms with Gasteiger partial charge in [-0.2, -0.15) is 13.2 Å². The summed E-state index contributed by atoms with van der Waals surface area (Å²) in [5.74, 6) is -1.78. The van der Waals surface area contributed by atoms with Crippen molar-refractivity contribution < 1.29 is 32.3 Å². The van der Waals surface area contributed by atoms with E-state index < -0.39 is 42.2 Å². The Labute approximate surface area is 199 Å². The highest BCUT2D eigenvalue weighted by molar-refractivity contribution is 6.01. The van der Waals surface area contributed by atoms with Crippen LogP contribution in [0.25, 0.3) is 0 Å². The van der Waals surface area contributed by atoms with Crippen LogP contribution in [0.1, 0.15) is 43.5 Å². The van der Waals surface area contributed by atoms with Crippen molar-refractivity contribution in [2.75, 3.05) is 18.9 Å². The molecule has 35 heavy (non-hydrogen) atoms. The summed E-state index contributed by atoms with van der Waals surface area (Å²) in [6.45, 7) is -0.462. The van der Waals surface area contributed by atoms with E-state index in [1.807, 2.05) is 30.3 Å². The van der Waals surface area contributed by atoms with E-state index in [-0.39, 0.29) is 11.3 Å². The van der Waals surface area contributed by atoms with Crippen molar-refractivity contribution in [3.63, 3.8) is 0 Å². The lowest BCUT2D eigenvalue weighted by atomic mass is 9.93. The first-order valence-corrected chi connectivity index (χ1v) is 10.7. The molecule has 2 amide bonds. The highest BCUT2D eigenvalue weighted by atomic mass is 19.4. The van der Waals surface area contributed by atoms with Crippen LogP contribution in [0.2, 0.25) is 0 Å². The Balaban J connectivity index is 1.47. The van der Waals surface area contributed by atoms with Crippen LogP contribution in [0, 0.1) is 0 Å². The number of halogens is 3. The molecule has 0 bridgehead atoms. The largest absolute Gasteiger partial charge is 0.454 e. The van der Waals surface area contributed by atoms with Crippen molar-refractivity contribution >= 4 is 23.5 Å². The molecule has 6 nitrogen and oxygen atoms in total. The fourth-order valence-electron chi connectivity index (χ4n) is 3.92. The number of para-hydroxylation sites is 1. The summed E-state index contributed by atoms with van der Waals surface area (Å²) < 4.78 is 45.0. The number of likely N-dealkylation sites (N-methyl/N-ethyl adjacent to an activating group) is 1. The van der Waals surface area contributed by atoms with Gasteiger partial charge in [0.25, 0.3) is 5.91 Å². The van der Waals surface area contributed by atoms with E-state index >= 15 is 0 Å². The highest BCUT2D eigenvalue weighted by Crippen LogP contribution is 2.34. The van der Waals surface area contributed by atoms with Gasteiger partial charge in [-0.3, -0.25) is 9.59 Å². The number of alkyl halides is 3. The maximum atomic E-state index is 13.2. The number of carbonyl (C=O) groups excluding carboxylic acids is 3. The summed E-state index contributed by atoms with van der Waals surface area (Å²) in [4.78, 5) is 38.9. The zero-order valence-electron chi connectivity index (χ0n) is 18.6. The predicted octanol–water partition coefficient (Wildman–Crippen LogP) is 4.87. The molecule has 9 heteroatoms. The number of anilines is 1. The highest BCUT2D eigenvalue weighted by Gasteiger charge is 2.34. The zero-order valence-corrected chi connectivity index (χ0v) is 18.6. The Morgan fingerprint density at radius 3 is 2.43 bits per heavy atom. The van der Waals surface area contributed by atoms with Crippen molar-refractivity contribution in [3.05, 3.63) is 101 Å². The lowest BCUT2D eigenvalue weighted by Gasteiger charge is -2.26. The quantitative estimate of drug-likeness (QED) is 0.527. The van der Waals surface area contributed by atoms with Gasteiger partial charge in [0.1, 0.15) is 6.10 Å². The zero-order chi connectivity index (χ0) is 25.2. The number of rotatable bonds is 5. The summed E-state index contributed by atoms with van der Waals surface area (Å²) in [5.41, 5.74) is 0.713. The van der Waals surface area contributed by atoms with Gasteiger partial charge in [-0.05, 0) is 41.5 Å². The Morgan fingerprint density at radius 1 is 1.03 bits per heavy atom. The van der Waals surface area contributed by atoms with Gasteiger partial charge in [-0.25, -0.2) is 4.79 Å². The second-order valence-electron chi connectivity index (χ2n) is 8.13. The van der Waals surface area contributed by atoms with E-state index in [2.05, 4.69) is 5.32 Å². The van der Waals surface area contributed by atoms with E-state index in [1.54, 1.807) is 6.07 Å². The molecule has 1 atom stereocenters. The molecule has 3 aromatic carbocycles. The summed E-state index contributed by atoms with van der Waals surface area (Å²) >= 11 is 0. The molecule has 0 radical (unpaired) electrons. The second kappa shape index (κ2) is 9.61. The minimum absolute atomic E-state index is 0.247. The van der Waals surface area contributed by atoms with Gasteiger partial charge in [-0.15, -0.1) is 0 Å². The number of ether oxygens (including phenoxy) is 1. The number of cyclic esters (lactones) is 1. The fourth-order valence-corrected chi connectivity index (χ4v) is 3.92. The molecular formula is C26H21F3N2O4. The molecular weight excluding hydrogens is 461 g/mol. The average Bonchev–Trinajstić information content (AvgIpc) is 2.83. The van der Waals surface area contributed by atoms with Crippen LogP contribution in [-0.2, 0) is 22.1 Å². The van der Waals surface area contributed by atoms with Crippen LogP contribution < -0.4 is 5.32 Å². The van der Waals surface area contributed by atoms with Gasteiger partial charge in [0, 0.05) is 19.0 Å². The van der Waals surface area contributed by atoms with Crippen molar-refractivity contribution in [2.24, 2.45) is 0 Å². The van der Waals surface area contributed by atoms with Crippen LogP contribution in [0.5, 0.6) is 0 Å². The minimum Gasteiger partial charge on any atom is -0.454 e. The summed E-state index contributed by atoms with van der Waals surface area (Å²) in [7, 11) is 1.37. The molecule has 1 heterocycles. The first kappa shape index (κ1) is 24.0. The molecule has 0 saturated carbocycles. The third-order valence-corrected chi connectivity index (χ3v) is 5.63. The van der Waals surface area contributed by atoms with Crippen LogP contribution in [-0.4, -0.2) is 36.3 Å². The Morgan fingerprint density at radius 2 is 1.71 bits per heavy atom. The van der Waals surface area contributed by atoms with E-state index in [0.717, 1.165) is 22.6 Å². The maximum Gasteiger partial charge on any atom is 0.418 e. The fraction of sp³-hybridized carbons (Fsp3) is 0.192. The maximum absolute atomic E-state index is 13.2. The van der Waals surface area contributed by atoms with E-state index in [9.17, 15) is 27.6 Å². The second-order valence-corrected chi connectivity index (χ2v) is 8.13. The monoisotopic (exact) mass is 482 g/mol. The van der Waals surface area contributed by atoms with Crippen LogP contribution in [0.4, 0.5) is 18.9 Å². The van der Waals surface area contributed by atoms with Crippen molar-refractivity contribution in [2.45, 2.75) is 18.7 Å². The number of hydrogen-bond donors (Lipinski definition) is 1. The number of carbonyl (C=O) groups is 3. The summed E-state index contributed by atoms with van der Waals surface area (Å²) in [5, 5.41) is 2.22. The average molecular weight is 482 g/mol. The third-order valence-electron chi connectivity index (χ3n) is 5.63. The standard InChI is InChI=1S/C26H21F3N2O4/c1-31(15-23(32)30-21-10-6-5-9-20(21)26(27,28)29)24(33)17-11-12-19-18(13-17)14-22(35-25(19)34)16-7-3-2-4-8-16/h2-13,22H,14-15H2,1H3,(H,30,32). The van der Waals surface area contributed by atoms with Crippen molar-refractivity contribution in [1.82, 2.24) is 4.90 Å². The molecule has 0 aromatic heterocycles. The van der Waals surface area contributed by atoms with Gasteiger partial charge < -0.3 is 15.0 Å². The molecule has 3 aromatic rings. The van der Waals surface area contributed by atoms with Gasteiger partial charge in [0.2, 0.25) is 5.91 Å². The Kier molecular flexibility index (Phi) is 6.59. The number of nitrogens with zero attached hydrogens (tertiary/aromatic N) is 1. The third kappa shape index (κ3) is 5.34. The normalized spacial score (nSPS) is 15.1. The summed E-state index contributed by atoms with van der Waals surface area (Å²) in [6.07, 6.45) is -4.74. The first-order valence-electron chi connectivity index (χ1n) is 10.7. The molecule has 1 aliphatic heterocycles. The molecule has 4 rings (SSSR count). The van der Waals surface area contributed by atoms with Gasteiger partial charge in [0.15, 0.2) is 0 Å². The van der Waals surface area contributed by atoms with Crippen LogP contribution >= 0.6 is 0 Å². The molecule has 0 spiro atoms. The van der Waals surface area contributed by atoms with Crippen LogP contribution in [0.15, 0.2) is 72.8 Å². The number of nitrogens with one attached hydrogen (secondary N) is 1. The van der Waals surface area contributed by atoms with Crippen molar-refractivity contribution in [1.29, 1.82) is 0 Å². The number of amides is 2. The molecule has 180 valence electrons. The first-order chi connectivity index (χ1) is 16.6. The van der Waals surface area contributed by atoms with Gasteiger partial charge >= 0.3 is 12.1 Å². The van der Waals surface area contributed by atoms with Gasteiger partial charge in [0.05, 0.1) is 23.4 Å². The number of esters is 1. The molecule has 0 aliphatic carbocycles. The topological polar surface area (TPSA) is 75.7 Å². The predicted molar refractivity (Wildman–Crippen MR) is 122 cm³/mol. The van der Waals surface area contributed by atoms with Crippen LogP contribution in [0.3, 0.4) is 0 Å². The lowest BCUT2D eigenvalue weighted by Crippen LogP contribution is -2.35. The van der Waals surface area contributed by atoms with E-state index in [0.29, 0.717) is 17.5 Å².